The van der Waals surface area contributed by atoms with Gasteiger partial charge in [0.2, 0.25) is 0 Å². The first kappa shape index (κ1) is 14.9. The summed E-state index contributed by atoms with van der Waals surface area (Å²) in [7, 11) is 2.22. The zero-order chi connectivity index (χ0) is 12.8. The maximum absolute atomic E-state index is 3.51. The smallest absolute Gasteiger partial charge is 0.0325 e. The molecule has 1 aliphatic heterocycles. The Morgan fingerprint density at radius 3 is 2.94 bits per heavy atom. The van der Waals surface area contributed by atoms with Gasteiger partial charge in [0, 0.05) is 38.8 Å². The third-order valence-electron chi connectivity index (χ3n) is 3.16. The van der Waals surface area contributed by atoms with Gasteiger partial charge < -0.3 is 10.2 Å². The van der Waals surface area contributed by atoms with Crippen molar-refractivity contribution in [3.63, 3.8) is 0 Å². The molecule has 5 heteroatoms. The SMILES string of the molecule is CN(CCSC1CCNCC1)Cc1cc(Br)cs1. The average molecular weight is 349 g/mol. The van der Waals surface area contributed by atoms with Crippen molar-refractivity contribution in [3.05, 3.63) is 20.8 Å². The summed E-state index contributed by atoms with van der Waals surface area (Å²) in [4.78, 5) is 3.86. The van der Waals surface area contributed by atoms with E-state index in [4.69, 9.17) is 0 Å². The number of nitrogens with one attached hydrogen (secondary N) is 1. The third-order valence-corrected chi connectivity index (χ3v) is 6.20. The highest BCUT2D eigenvalue weighted by molar-refractivity contribution is 9.10. The van der Waals surface area contributed by atoms with Gasteiger partial charge in [-0.2, -0.15) is 11.8 Å². The molecule has 1 fully saturated rings. The fourth-order valence-electron chi connectivity index (χ4n) is 2.12. The molecule has 0 saturated carbocycles. The van der Waals surface area contributed by atoms with Crippen molar-refractivity contribution in [2.45, 2.75) is 24.6 Å². The lowest BCUT2D eigenvalue weighted by molar-refractivity contribution is 0.351. The number of rotatable bonds is 6. The van der Waals surface area contributed by atoms with E-state index < -0.39 is 0 Å². The van der Waals surface area contributed by atoms with Crippen molar-refractivity contribution in [1.29, 1.82) is 0 Å². The Kier molecular flexibility index (Phi) is 6.52. The Bertz CT molecular complexity index is 351. The number of thiophene rings is 1. The highest BCUT2D eigenvalue weighted by atomic mass is 79.9. The van der Waals surface area contributed by atoms with Crippen LogP contribution in [0.3, 0.4) is 0 Å². The average Bonchev–Trinajstić information content (AvgIpc) is 2.76. The number of hydrogen-bond donors (Lipinski definition) is 1. The summed E-state index contributed by atoms with van der Waals surface area (Å²) in [6, 6.07) is 2.22. The van der Waals surface area contributed by atoms with Crippen LogP contribution in [0, 0.1) is 0 Å². The van der Waals surface area contributed by atoms with E-state index in [1.807, 2.05) is 11.3 Å². The van der Waals surface area contributed by atoms with Gasteiger partial charge >= 0.3 is 0 Å². The number of halogens is 1. The second-order valence-electron chi connectivity index (χ2n) is 4.79. The number of thioether (sulfide) groups is 1. The highest BCUT2D eigenvalue weighted by Crippen LogP contribution is 2.22. The molecule has 0 spiro atoms. The quantitative estimate of drug-likeness (QED) is 0.847. The summed E-state index contributed by atoms with van der Waals surface area (Å²) in [5.41, 5.74) is 0. The Morgan fingerprint density at radius 1 is 1.50 bits per heavy atom. The molecule has 0 radical (unpaired) electrons. The molecule has 1 aromatic rings. The molecular formula is C13H21BrN2S2. The van der Waals surface area contributed by atoms with Gasteiger partial charge in [-0.25, -0.2) is 0 Å². The van der Waals surface area contributed by atoms with Crippen LogP contribution in [0.2, 0.25) is 0 Å². The molecule has 0 amide bonds. The lowest BCUT2D eigenvalue weighted by Gasteiger charge is -2.23. The minimum Gasteiger partial charge on any atom is -0.317 e. The van der Waals surface area contributed by atoms with Gasteiger partial charge in [0.25, 0.3) is 0 Å². The Hall–Kier alpha value is 0.450. The monoisotopic (exact) mass is 348 g/mol. The normalized spacial score (nSPS) is 17.5. The number of nitrogens with zero attached hydrogens (tertiary/aromatic N) is 1. The van der Waals surface area contributed by atoms with Crippen LogP contribution in [0.15, 0.2) is 15.9 Å². The first-order valence-electron chi connectivity index (χ1n) is 6.48. The molecule has 102 valence electrons. The fraction of sp³-hybridized carbons (Fsp3) is 0.692. The molecule has 2 heterocycles. The number of piperidine rings is 1. The molecule has 18 heavy (non-hydrogen) atoms. The lowest BCUT2D eigenvalue weighted by atomic mass is 10.2. The van der Waals surface area contributed by atoms with Crippen LogP contribution in [0.1, 0.15) is 17.7 Å². The summed E-state index contributed by atoms with van der Waals surface area (Å²) >= 11 is 7.50. The van der Waals surface area contributed by atoms with Crippen LogP contribution >= 0.6 is 39.0 Å². The van der Waals surface area contributed by atoms with Crippen LogP contribution in [0.4, 0.5) is 0 Å². The zero-order valence-electron chi connectivity index (χ0n) is 10.8. The van der Waals surface area contributed by atoms with Gasteiger partial charge in [-0.1, -0.05) is 0 Å². The van der Waals surface area contributed by atoms with E-state index in [0.29, 0.717) is 0 Å². The summed E-state index contributed by atoms with van der Waals surface area (Å²) < 4.78 is 1.21. The van der Waals surface area contributed by atoms with Crippen LogP contribution in [0.25, 0.3) is 0 Å². The largest absolute Gasteiger partial charge is 0.317 e. The summed E-state index contributed by atoms with van der Waals surface area (Å²) in [6.07, 6.45) is 2.68. The molecule has 0 aliphatic carbocycles. The van der Waals surface area contributed by atoms with Crippen molar-refractivity contribution in [3.8, 4) is 0 Å². The van der Waals surface area contributed by atoms with E-state index in [9.17, 15) is 0 Å². The number of hydrogen-bond acceptors (Lipinski definition) is 4. The molecule has 2 rings (SSSR count). The van der Waals surface area contributed by atoms with Crippen molar-refractivity contribution < 1.29 is 0 Å². The highest BCUT2D eigenvalue weighted by Gasteiger charge is 2.13. The van der Waals surface area contributed by atoms with E-state index in [1.165, 1.54) is 47.6 Å². The lowest BCUT2D eigenvalue weighted by Crippen LogP contribution is -2.30. The minimum absolute atomic E-state index is 0.885. The second kappa shape index (κ2) is 7.90. The van der Waals surface area contributed by atoms with E-state index in [-0.39, 0.29) is 0 Å². The Morgan fingerprint density at radius 2 is 2.28 bits per heavy atom. The molecule has 1 aromatic heterocycles. The zero-order valence-corrected chi connectivity index (χ0v) is 14.0. The van der Waals surface area contributed by atoms with Crippen LogP contribution in [-0.4, -0.2) is 42.6 Å². The van der Waals surface area contributed by atoms with Gasteiger partial charge in [-0.3, -0.25) is 0 Å². The van der Waals surface area contributed by atoms with Crippen molar-refractivity contribution in [2.24, 2.45) is 0 Å². The third kappa shape index (κ3) is 5.21. The van der Waals surface area contributed by atoms with Crippen molar-refractivity contribution >= 4 is 39.0 Å². The first-order chi connectivity index (χ1) is 8.74. The van der Waals surface area contributed by atoms with Crippen molar-refractivity contribution in [1.82, 2.24) is 10.2 Å². The Labute approximate surface area is 127 Å². The predicted octanol–water partition coefficient (Wildman–Crippen LogP) is 3.43. The van der Waals surface area contributed by atoms with Gasteiger partial charge in [0.05, 0.1) is 0 Å². The molecule has 0 atom stereocenters. The summed E-state index contributed by atoms with van der Waals surface area (Å²) in [5.74, 6) is 1.26. The molecule has 0 aromatic carbocycles. The molecule has 2 nitrogen and oxygen atoms in total. The van der Waals surface area contributed by atoms with Crippen molar-refractivity contribution in [2.75, 3.05) is 32.4 Å². The van der Waals surface area contributed by atoms with Gasteiger partial charge in [-0.15, -0.1) is 11.3 Å². The predicted molar refractivity (Wildman–Crippen MR) is 86.7 cm³/mol. The topological polar surface area (TPSA) is 15.3 Å². The van der Waals surface area contributed by atoms with E-state index in [1.54, 1.807) is 0 Å². The van der Waals surface area contributed by atoms with Crippen LogP contribution in [0.5, 0.6) is 0 Å². The second-order valence-corrected chi connectivity index (χ2v) is 8.11. The molecular weight excluding hydrogens is 328 g/mol. The molecule has 0 unspecified atom stereocenters. The molecule has 0 bridgehead atoms. The standard InChI is InChI=1S/C13H21BrN2S2/c1-16(9-13-8-11(14)10-18-13)6-7-17-12-2-4-15-5-3-12/h8,10,12,15H,2-7,9H2,1H3. The van der Waals surface area contributed by atoms with E-state index in [0.717, 1.165) is 11.8 Å². The first-order valence-corrected chi connectivity index (χ1v) is 9.20. The summed E-state index contributed by atoms with van der Waals surface area (Å²) in [5, 5.41) is 6.47. The molecule has 1 saturated heterocycles. The van der Waals surface area contributed by atoms with Gasteiger partial charge in [-0.05, 0) is 55.0 Å². The molecule has 1 N–H and O–H groups in total. The van der Waals surface area contributed by atoms with E-state index >= 15 is 0 Å². The minimum atomic E-state index is 0.885. The maximum atomic E-state index is 3.51. The van der Waals surface area contributed by atoms with Crippen LogP contribution in [-0.2, 0) is 6.54 Å². The van der Waals surface area contributed by atoms with Gasteiger partial charge in [0.1, 0.15) is 0 Å². The van der Waals surface area contributed by atoms with Crippen LogP contribution < -0.4 is 5.32 Å². The molecule has 1 aliphatic rings. The van der Waals surface area contributed by atoms with Gasteiger partial charge in [0.15, 0.2) is 0 Å². The maximum Gasteiger partial charge on any atom is 0.0325 e. The van der Waals surface area contributed by atoms with E-state index in [2.05, 4.69) is 56.4 Å². The summed E-state index contributed by atoms with van der Waals surface area (Å²) in [6.45, 7) is 4.67. The fourth-order valence-corrected chi connectivity index (χ4v) is 4.97. The Balaban J connectivity index is 1.60.